The molecule has 1 saturated heterocycles. The fourth-order valence-corrected chi connectivity index (χ4v) is 7.80. The van der Waals surface area contributed by atoms with Crippen molar-refractivity contribution in [3.63, 3.8) is 0 Å². The van der Waals surface area contributed by atoms with E-state index in [4.69, 9.17) is 4.74 Å². The number of β-lactam (4-membered cyclic amide) rings is 1. The molecule has 2 aromatic carbocycles. The van der Waals surface area contributed by atoms with Crippen LogP contribution in [-0.2, 0) is 46.6 Å². The van der Waals surface area contributed by atoms with Crippen LogP contribution in [0.2, 0.25) is 0 Å². The zero-order valence-electron chi connectivity index (χ0n) is 23.3. The number of amides is 4. The van der Waals surface area contributed by atoms with Gasteiger partial charge in [0.2, 0.25) is 11.3 Å². The number of esters is 1. The average molecular weight is 642 g/mol. The van der Waals surface area contributed by atoms with E-state index in [-0.39, 0.29) is 40.4 Å². The van der Waals surface area contributed by atoms with Crippen molar-refractivity contribution in [1.29, 1.82) is 0 Å². The van der Waals surface area contributed by atoms with Crippen LogP contribution in [0.5, 0.6) is 5.75 Å². The van der Waals surface area contributed by atoms with Gasteiger partial charge < -0.3 is 19.7 Å². The van der Waals surface area contributed by atoms with Gasteiger partial charge in [-0.05, 0) is 53.5 Å². The Kier molecular flexibility index (Phi) is 8.63. The first-order chi connectivity index (χ1) is 20.9. The molecule has 2 aromatic rings. The molecule has 3 aliphatic rings. The number of nitrogens with one attached hydrogen (secondary N) is 1. The molecule has 2 N–H and O–H groups in total. The Labute approximate surface area is 255 Å². The molecule has 0 spiro atoms. The Morgan fingerprint density at radius 3 is 2.43 bits per heavy atom. The summed E-state index contributed by atoms with van der Waals surface area (Å²) in [6.07, 6.45) is 1.22. The first-order valence-electron chi connectivity index (χ1n) is 13.5. The number of fused-ring (bicyclic) bond motifs is 2. The lowest BCUT2D eigenvalue weighted by molar-refractivity contribution is -0.154. The third-order valence-electron chi connectivity index (χ3n) is 7.11. The lowest BCUT2D eigenvalue weighted by Gasteiger charge is -2.49. The highest BCUT2D eigenvalue weighted by molar-refractivity contribution is 7.94. The number of hydrogen-bond donors (Lipinski definition) is 2. The van der Waals surface area contributed by atoms with Crippen LogP contribution in [-0.4, -0.2) is 87.1 Å². The molecule has 3 aliphatic heterocycles. The van der Waals surface area contributed by atoms with Crippen LogP contribution < -0.4 is 5.32 Å². The van der Waals surface area contributed by atoms with Crippen molar-refractivity contribution >= 4 is 50.6 Å². The lowest BCUT2D eigenvalue weighted by Crippen LogP contribution is -2.74. The predicted molar refractivity (Wildman–Crippen MR) is 156 cm³/mol. The molecule has 4 amide bonds. The maximum atomic E-state index is 13.4. The minimum Gasteiger partial charge on any atom is -0.614 e. The molecule has 1 fully saturated rings. The van der Waals surface area contributed by atoms with Gasteiger partial charge in [0, 0.05) is 11.0 Å². The van der Waals surface area contributed by atoms with E-state index in [0.717, 1.165) is 16.4 Å². The number of nitrogens with zero attached hydrogens (tertiary/aromatic N) is 2. The Bertz CT molecular complexity index is 1700. The highest BCUT2D eigenvalue weighted by Crippen LogP contribution is 2.38. The van der Waals surface area contributed by atoms with Crippen LogP contribution in [0.25, 0.3) is 0 Å². The molecule has 0 radical (unpaired) electrons. The minimum absolute atomic E-state index is 0.0504. The van der Waals surface area contributed by atoms with Crippen LogP contribution in [0.3, 0.4) is 0 Å². The fourth-order valence-electron chi connectivity index (χ4n) is 5.08. The molecule has 13 nitrogen and oxygen atoms in total. The number of hydrogen-bond acceptors (Lipinski definition) is 10. The minimum atomic E-state index is -3.70. The molecular formula is C29H27N3O10S2. The number of rotatable bonds is 10. The number of aromatic hydroxyl groups is 1. The van der Waals surface area contributed by atoms with Crippen molar-refractivity contribution in [3.05, 3.63) is 88.0 Å². The Morgan fingerprint density at radius 2 is 1.80 bits per heavy atom. The van der Waals surface area contributed by atoms with Gasteiger partial charge in [-0.3, -0.25) is 24.1 Å². The third-order valence-corrected chi connectivity index (χ3v) is 10.3. The normalized spacial score (nSPS) is 21.3. The molecule has 0 aromatic heterocycles. The molecule has 3 atom stereocenters. The molecule has 44 heavy (non-hydrogen) atoms. The van der Waals surface area contributed by atoms with Crippen molar-refractivity contribution in [2.45, 2.75) is 31.2 Å². The summed E-state index contributed by atoms with van der Waals surface area (Å²) in [5.74, 6) is -4.49. The van der Waals surface area contributed by atoms with Crippen molar-refractivity contribution in [2.75, 3.05) is 18.2 Å². The average Bonchev–Trinajstić information content (AvgIpc) is 3.22. The van der Waals surface area contributed by atoms with Crippen LogP contribution in [0.1, 0.15) is 39.6 Å². The van der Waals surface area contributed by atoms with Gasteiger partial charge in [0.05, 0.1) is 23.3 Å². The SMILES string of the molecule is CCCS(=O)(=O)C=CC1=C(C(=O)OCN2C(=O)c3ccccc3C2=O)N2C(=O)C(NC(=O)Cc3cccc(O)c3)[C@@H]2[S+]([O-])C1. The third kappa shape index (κ3) is 5.98. The summed E-state index contributed by atoms with van der Waals surface area (Å²) in [5, 5.41) is 11.9. The van der Waals surface area contributed by atoms with Gasteiger partial charge in [-0.2, -0.15) is 0 Å². The monoisotopic (exact) mass is 641 g/mol. The molecule has 3 heterocycles. The van der Waals surface area contributed by atoms with E-state index in [1.807, 2.05) is 0 Å². The van der Waals surface area contributed by atoms with Crippen molar-refractivity contribution in [1.82, 2.24) is 15.1 Å². The quantitative estimate of drug-likeness (QED) is 0.162. The molecule has 0 saturated carbocycles. The number of benzene rings is 2. The van der Waals surface area contributed by atoms with Crippen LogP contribution in [0, 0.1) is 0 Å². The largest absolute Gasteiger partial charge is 0.614 e. The highest BCUT2D eigenvalue weighted by Gasteiger charge is 2.61. The van der Waals surface area contributed by atoms with E-state index in [1.165, 1.54) is 24.3 Å². The second kappa shape index (κ2) is 12.3. The van der Waals surface area contributed by atoms with Gasteiger partial charge >= 0.3 is 5.97 Å². The fraction of sp³-hybridized carbons (Fsp3) is 0.276. The lowest BCUT2D eigenvalue weighted by atomic mass is 10.0. The van der Waals surface area contributed by atoms with Gasteiger partial charge in [-0.1, -0.05) is 31.2 Å². The predicted octanol–water partition coefficient (Wildman–Crippen LogP) is 0.740. The summed E-state index contributed by atoms with van der Waals surface area (Å²) in [7, 11) is -3.70. The number of phenols is 1. The Morgan fingerprint density at radius 1 is 1.11 bits per heavy atom. The van der Waals surface area contributed by atoms with Gasteiger partial charge in [0.1, 0.15) is 17.2 Å². The summed E-state index contributed by atoms with van der Waals surface area (Å²) in [5.41, 5.74) is 0.261. The number of carbonyl (C=O) groups excluding carboxylic acids is 5. The van der Waals surface area contributed by atoms with E-state index in [0.29, 0.717) is 16.9 Å². The van der Waals surface area contributed by atoms with Crippen molar-refractivity contribution in [2.24, 2.45) is 0 Å². The maximum absolute atomic E-state index is 13.4. The summed E-state index contributed by atoms with van der Waals surface area (Å²) in [4.78, 5) is 66.5. The van der Waals surface area contributed by atoms with Crippen molar-refractivity contribution < 1.29 is 46.8 Å². The van der Waals surface area contributed by atoms with E-state index in [1.54, 1.807) is 31.2 Å². The molecule has 2 unspecified atom stereocenters. The number of ether oxygens (including phenoxy) is 1. The summed E-state index contributed by atoms with van der Waals surface area (Å²) >= 11 is -1.87. The van der Waals surface area contributed by atoms with Gasteiger partial charge in [-0.25, -0.2) is 18.1 Å². The Hall–Kier alpha value is -4.47. The van der Waals surface area contributed by atoms with Gasteiger partial charge in [-0.15, -0.1) is 0 Å². The molecule has 0 bridgehead atoms. The Balaban J connectivity index is 1.38. The second-order valence-electron chi connectivity index (χ2n) is 10.2. The molecule has 230 valence electrons. The van der Waals surface area contributed by atoms with E-state index >= 15 is 0 Å². The van der Waals surface area contributed by atoms with Gasteiger partial charge in [0.25, 0.3) is 17.7 Å². The number of allylic oxidation sites excluding steroid dienone is 1. The summed E-state index contributed by atoms with van der Waals surface area (Å²) in [6, 6.07) is 10.8. The number of carbonyl (C=O) groups is 5. The van der Waals surface area contributed by atoms with E-state index in [2.05, 4.69) is 5.32 Å². The highest BCUT2D eigenvalue weighted by atomic mass is 32.2. The first-order valence-corrected chi connectivity index (χ1v) is 16.6. The van der Waals surface area contributed by atoms with Crippen LogP contribution in [0.4, 0.5) is 0 Å². The number of sulfone groups is 1. The van der Waals surface area contributed by atoms with E-state index < -0.39 is 74.5 Å². The zero-order valence-corrected chi connectivity index (χ0v) is 24.9. The van der Waals surface area contributed by atoms with Gasteiger partial charge in [0.15, 0.2) is 22.6 Å². The second-order valence-corrected chi connectivity index (χ2v) is 13.7. The topological polar surface area (TPSA) is 191 Å². The molecule has 5 rings (SSSR count). The summed E-state index contributed by atoms with van der Waals surface area (Å²) < 4.78 is 43.3. The maximum Gasteiger partial charge on any atom is 0.357 e. The standard InChI is InChI=1S/C29H27N3O10S2/c1-2-11-44(40,41)12-10-18-15-43(39)28-23(30-22(34)14-17-6-5-7-19(33)13-17)27(37)32(28)24(18)29(38)42-16-31-25(35)20-8-3-4-9-21(20)26(31)36/h3-10,12-13,23,28,33H,2,11,14-16H2,1H3,(H,30,34)/t23?,28-,43?/m0/s1. The molecule has 0 aliphatic carbocycles. The van der Waals surface area contributed by atoms with E-state index in [9.17, 15) is 42.0 Å². The van der Waals surface area contributed by atoms with Crippen LogP contribution >= 0.6 is 0 Å². The summed E-state index contributed by atoms with van der Waals surface area (Å²) in [6.45, 7) is 0.875. The number of phenolic OH excluding ortho intramolecular Hbond substituents is 1. The smallest absolute Gasteiger partial charge is 0.357 e. The first kappa shape index (κ1) is 31.0. The zero-order chi connectivity index (χ0) is 31.8. The molecule has 15 heteroatoms. The number of imide groups is 1. The van der Waals surface area contributed by atoms with Crippen LogP contribution in [0.15, 0.2) is 71.3 Å². The molecular weight excluding hydrogens is 614 g/mol. The van der Waals surface area contributed by atoms with Crippen molar-refractivity contribution in [3.8, 4) is 5.75 Å².